The molecule has 0 spiro atoms. The Labute approximate surface area is 199 Å². The molecule has 1 atom stereocenters. The van der Waals surface area contributed by atoms with E-state index in [9.17, 15) is 4.79 Å². The van der Waals surface area contributed by atoms with Gasteiger partial charge in [0, 0.05) is 21.7 Å². The molecule has 1 heterocycles. The Kier molecular flexibility index (Phi) is 7.10. The van der Waals surface area contributed by atoms with Gasteiger partial charge in [0.25, 0.3) is 5.91 Å². The first-order chi connectivity index (χ1) is 16.1. The molecule has 0 aliphatic heterocycles. The van der Waals surface area contributed by atoms with Gasteiger partial charge in [0.05, 0.1) is 12.6 Å². The molecule has 0 fully saturated rings. The minimum Gasteiger partial charge on any atom is -0.494 e. The first-order valence-corrected chi connectivity index (χ1v) is 11.9. The van der Waals surface area contributed by atoms with Gasteiger partial charge < -0.3 is 15.4 Å². The van der Waals surface area contributed by atoms with Crippen LogP contribution >= 0.6 is 11.3 Å². The van der Waals surface area contributed by atoms with Crippen LogP contribution in [-0.4, -0.2) is 12.5 Å². The number of carbonyl (C=O) groups excluding carboxylic acids is 1. The predicted octanol–water partition coefficient (Wildman–Crippen LogP) is 7.22. The van der Waals surface area contributed by atoms with Crippen molar-refractivity contribution < 1.29 is 9.53 Å². The molecule has 4 aromatic rings. The summed E-state index contributed by atoms with van der Waals surface area (Å²) in [6, 6.07) is 27.5. The highest BCUT2D eigenvalue weighted by Gasteiger charge is 2.25. The monoisotopic (exact) mass is 456 g/mol. The van der Waals surface area contributed by atoms with Crippen LogP contribution in [0.1, 0.15) is 44.9 Å². The molecule has 1 amide bonds. The largest absolute Gasteiger partial charge is 0.494 e. The van der Waals surface area contributed by atoms with Crippen molar-refractivity contribution in [3.63, 3.8) is 0 Å². The summed E-state index contributed by atoms with van der Waals surface area (Å²) in [5.41, 5.74) is 5.01. The number of hydrogen-bond donors (Lipinski definition) is 2. The lowest BCUT2D eigenvalue weighted by Gasteiger charge is -2.23. The van der Waals surface area contributed by atoms with Gasteiger partial charge in [0.15, 0.2) is 0 Å². The summed E-state index contributed by atoms with van der Waals surface area (Å²) in [5, 5.41) is 7.73. The fraction of sp³-hybridized carbons (Fsp3) is 0.179. The molecule has 3 aromatic carbocycles. The highest BCUT2D eigenvalue weighted by Crippen LogP contribution is 2.41. The Bertz CT molecular complexity index is 1200. The summed E-state index contributed by atoms with van der Waals surface area (Å²) >= 11 is 1.61. The van der Waals surface area contributed by atoms with Gasteiger partial charge in [-0.25, -0.2) is 0 Å². The van der Waals surface area contributed by atoms with E-state index in [-0.39, 0.29) is 11.9 Å². The van der Waals surface area contributed by atoms with Gasteiger partial charge in [-0.05, 0) is 68.3 Å². The van der Waals surface area contributed by atoms with Crippen LogP contribution in [0.5, 0.6) is 5.75 Å². The molecular weight excluding hydrogens is 428 g/mol. The van der Waals surface area contributed by atoms with Gasteiger partial charge in [0.1, 0.15) is 10.8 Å². The number of anilines is 2. The Balaban J connectivity index is 1.72. The molecule has 33 heavy (non-hydrogen) atoms. The minimum absolute atomic E-state index is 0.106. The van der Waals surface area contributed by atoms with Crippen LogP contribution in [0.2, 0.25) is 0 Å². The van der Waals surface area contributed by atoms with E-state index in [1.165, 1.54) is 10.4 Å². The van der Waals surface area contributed by atoms with Crippen molar-refractivity contribution in [3.05, 3.63) is 112 Å². The maximum Gasteiger partial charge on any atom is 0.256 e. The quantitative estimate of drug-likeness (QED) is 0.294. The first-order valence-electron chi connectivity index (χ1n) is 11.1. The summed E-state index contributed by atoms with van der Waals surface area (Å²) in [4.78, 5) is 14.1. The van der Waals surface area contributed by atoms with Gasteiger partial charge in [-0.3, -0.25) is 4.79 Å². The van der Waals surface area contributed by atoms with E-state index < -0.39 is 0 Å². The highest BCUT2D eigenvalue weighted by molar-refractivity contribution is 7.16. The van der Waals surface area contributed by atoms with E-state index in [1.54, 1.807) is 11.3 Å². The molecule has 5 heteroatoms. The van der Waals surface area contributed by atoms with Crippen molar-refractivity contribution >= 4 is 27.9 Å². The van der Waals surface area contributed by atoms with E-state index >= 15 is 0 Å². The zero-order valence-electron chi connectivity index (χ0n) is 19.1. The van der Waals surface area contributed by atoms with Crippen molar-refractivity contribution in [1.29, 1.82) is 0 Å². The fourth-order valence-electron chi connectivity index (χ4n) is 3.80. The lowest BCUT2D eigenvalue weighted by atomic mass is 9.96. The van der Waals surface area contributed by atoms with E-state index in [1.807, 2.05) is 79.7 Å². The van der Waals surface area contributed by atoms with Crippen LogP contribution in [0, 0.1) is 13.8 Å². The van der Waals surface area contributed by atoms with Crippen LogP contribution < -0.4 is 15.4 Å². The van der Waals surface area contributed by atoms with Crippen LogP contribution in [0.3, 0.4) is 0 Å². The molecule has 0 aliphatic carbocycles. The molecule has 0 saturated carbocycles. The SMILES string of the molecule is CCOc1ccc(N[C@@H](c2ccccc2)c2c(NC(=O)c3ccccc3)sc(C)c2C)cc1. The van der Waals surface area contributed by atoms with Gasteiger partial charge >= 0.3 is 0 Å². The van der Waals surface area contributed by atoms with Crippen LogP contribution in [0.25, 0.3) is 0 Å². The van der Waals surface area contributed by atoms with E-state index in [0.717, 1.165) is 27.6 Å². The van der Waals surface area contributed by atoms with Crippen LogP contribution in [-0.2, 0) is 0 Å². The van der Waals surface area contributed by atoms with Crippen molar-refractivity contribution in [2.45, 2.75) is 26.8 Å². The first kappa shape index (κ1) is 22.6. The third-order valence-corrected chi connectivity index (χ3v) is 6.73. The second-order valence-corrected chi connectivity index (χ2v) is 9.02. The van der Waals surface area contributed by atoms with Crippen molar-refractivity contribution in [1.82, 2.24) is 0 Å². The molecule has 4 nitrogen and oxygen atoms in total. The fourth-order valence-corrected chi connectivity index (χ4v) is 4.89. The minimum atomic E-state index is -0.125. The summed E-state index contributed by atoms with van der Waals surface area (Å²) in [6.45, 7) is 6.83. The molecule has 0 unspecified atom stereocenters. The maximum absolute atomic E-state index is 13.0. The zero-order valence-corrected chi connectivity index (χ0v) is 19.9. The van der Waals surface area contributed by atoms with E-state index in [4.69, 9.17) is 4.74 Å². The third kappa shape index (κ3) is 5.26. The smallest absolute Gasteiger partial charge is 0.256 e. The third-order valence-electron chi connectivity index (χ3n) is 5.59. The van der Waals surface area contributed by atoms with Crippen LogP contribution in [0.4, 0.5) is 10.7 Å². The van der Waals surface area contributed by atoms with Crippen molar-refractivity contribution in [3.8, 4) is 5.75 Å². The number of aryl methyl sites for hydroxylation is 1. The second kappa shape index (κ2) is 10.4. The molecule has 4 rings (SSSR count). The Morgan fingerprint density at radius 2 is 1.55 bits per heavy atom. The number of ether oxygens (including phenoxy) is 1. The van der Waals surface area contributed by atoms with Gasteiger partial charge in [-0.15, -0.1) is 11.3 Å². The number of carbonyl (C=O) groups is 1. The summed E-state index contributed by atoms with van der Waals surface area (Å²) in [6.07, 6.45) is 0. The topological polar surface area (TPSA) is 50.4 Å². The average molecular weight is 457 g/mol. The number of thiophene rings is 1. The average Bonchev–Trinajstić information content (AvgIpc) is 3.12. The second-order valence-electron chi connectivity index (χ2n) is 7.79. The molecule has 0 aliphatic rings. The lowest BCUT2D eigenvalue weighted by molar-refractivity contribution is 0.102. The molecule has 168 valence electrons. The Morgan fingerprint density at radius 3 is 2.18 bits per heavy atom. The van der Waals surface area contributed by atoms with Gasteiger partial charge in [-0.2, -0.15) is 0 Å². The number of hydrogen-bond acceptors (Lipinski definition) is 4. The number of amides is 1. The van der Waals surface area contributed by atoms with E-state index in [2.05, 4.69) is 36.6 Å². The summed E-state index contributed by atoms with van der Waals surface area (Å²) in [7, 11) is 0. The van der Waals surface area contributed by atoms with Crippen molar-refractivity contribution in [2.75, 3.05) is 17.2 Å². The number of rotatable bonds is 8. The van der Waals surface area contributed by atoms with Gasteiger partial charge in [0.2, 0.25) is 0 Å². The maximum atomic E-state index is 13.0. The molecule has 1 aromatic heterocycles. The zero-order chi connectivity index (χ0) is 23.2. The molecule has 2 N–H and O–H groups in total. The molecule has 0 radical (unpaired) electrons. The predicted molar refractivity (Wildman–Crippen MR) is 138 cm³/mol. The number of nitrogens with one attached hydrogen (secondary N) is 2. The summed E-state index contributed by atoms with van der Waals surface area (Å²) in [5.74, 6) is 0.740. The Morgan fingerprint density at radius 1 is 0.909 bits per heavy atom. The molecule has 0 saturated heterocycles. The van der Waals surface area contributed by atoms with Crippen molar-refractivity contribution in [2.24, 2.45) is 0 Å². The Hall–Kier alpha value is -3.57. The van der Waals surface area contributed by atoms with Gasteiger partial charge in [-0.1, -0.05) is 48.5 Å². The molecule has 0 bridgehead atoms. The lowest BCUT2D eigenvalue weighted by Crippen LogP contribution is -2.17. The number of benzene rings is 3. The standard InChI is InChI=1S/C28H28N2O2S/c1-4-32-24-17-15-23(16-18-24)29-26(21-11-7-5-8-12-21)25-19(2)20(3)33-28(25)30-27(31)22-13-9-6-10-14-22/h5-18,26,29H,4H2,1-3H3,(H,30,31)/t26-/m0/s1. The van der Waals surface area contributed by atoms with E-state index in [0.29, 0.717) is 12.2 Å². The summed E-state index contributed by atoms with van der Waals surface area (Å²) < 4.78 is 5.59. The van der Waals surface area contributed by atoms with Crippen LogP contribution in [0.15, 0.2) is 84.9 Å². The normalized spacial score (nSPS) is 11.6. The molecular formula is C28H28N2O2S. The highest BCUT2D eigenvalue weighted by atomic mass is 32.1.